The van der Waals surface area contributed by atoms with Gasteiger partial charge in [-0.05, 0) is 0 Å². The predicted octanol–water partition coefficient (Wildman–Crippen LogP) is 0.481. The van der Waals surface area contributed by atoms with E-state index in [4.69, 9.17) is 0 Å². The summed E-state index contributed by atoms with van der Waals surface area (Å²) in [6.07, 6.45) is 0. The first-order chi connectivity index (χ1) is 1.00. The monoisotopic (exact) mass is 264 g/mol. The number of hydrogen-bond donors (Lipinski definition) is 0. The van der Waals surface area contributed by atoms with E-state index in [0.29, 0.717) is 0 Å². The Morgan fingerprint density at radius 3 is 0.833 bits per heavy atom. The van der Waals surface area contributed by atoms with E-state index in [1.807, 2.05) is 0 Å². The smallest absolute Gasteiger partial charge is 0 e. The van der Waals surface area contributed by atoms with Gasteiger partial charge in [-0.1, -0.05) is 0 Å². The topological polar surface area (TPSA) is 85.5 Å². The van der Waals surface area contributed by atoms with Crippen molar-refractivity contribution in [1.82, 2.24) is 0 Å². The van der Waals surface area contributed by atoms with Gasteiger partial charge in [0.05, 0.1) is 0 Å². The fourth-order valence-corrected chi connectivity index (χ4v) is 0. The normalized spacial score (nSPS) is 1.00. The first-order valence-corrected chi connectivity index (χ1v) is 0.707. The van der Waals surface area contributed by atoms with Gasteiger partial charge in [0.2, 0.25) is 0 Å². The summed E-state index contributed by atoms with van der Waals surface area (Å²) < 4.78 is 0. The Labute approximate surface area is 51.3 Å². The van der Waals surface area contributed by atoms with Gasteiger partial charge in [0.15, 0.2) is 0 Å². The van der Waals surface area contributed by atoms with Crippen molar-refractivity contribution < 1.29 is 36.9 Å². The largest absolute Gasteiger partial charge is 2.00 e. The third-order valence-electron chi connectivity index (χ3n) is 0. The Morgan fingerprint density at radius 1 is 0.833 bits per heavy atom. The van der Waals surface area contributed by atoms with Crippen molar-refractivity contribution in [1.29, 1.82) is 0 Å². The van der Waals surface area contributed by atoms with Gasteiger partial charge in [-0.15, -0.1) is 0 Å². The molecule has 0 rings (SSSR count). The van der Waals surface area contributed by atoms with Crippen molar-refractivity contribution in [3.8, 4) is 0 Å². The molecule has 0 bridgehead atoms. The molecule has 0 atom stereocenters. The maximum atomic E-state index is 3.25. The van der Waals surface area contributed by atoms with E-state index in [2.05, 4.69) is 6.92 Å². The average molecular weight is 263 g/mol. The molecular weight excluding hydrogens is 258 g/mol. The molecule has 45 valence electrons. The molecule has 0 aromatic carbocycles. The van der Waals surface area contributed by atoms with Gasteiger partial charge >= 0.3 is 0 Å². The fourth-order valence-electron chi connectivity index (χ4n) is 0. The molecule has 3 nitrogen and oxygen atoms in total. The molecule has 0 N–H and O–H groups in total. The molecule has 0 fully saturated rings. The molecule has 0 aromatic rings. The van der Waals surface area contributed by atoms with Crippen LogP contribution in [0.3, 0.4) is 0 Å². The zero-order valence-corrected chi connectivity index (χ0v) is 6.03. The van der Waals surface area contributed by atoms with Crippen molar-refractivity contribution in [2.24, 2.45) is 0 Å². The molecule has 0 saturated heterocycles. The quantitative estimate of drug-likeness (QED) is 0.569. The van der Waals surface area contributed by atoms with Crippen LogP contribution in [0, 0.1) is 6.92 Å². The van der Waals surface area contributed by atoms with Crippen LogP contribution in [-0.2, 0) is 36.9 Å². The summed E-state index contributed by atoms with van der Waals surface area (Å²) in [5, 5.41) is 0. The van der Waals surface area contributed by atoms with Crippen molar-refractivity contribution in [2.45, 2.75) is 6.92 Å². The maximum absolute atomic E-state index is 3.25. The Bertz CT molecular complexity index is 8.75. The Kier molecular flexibility index (Phi) is 5470. The van der Waals surface area contributed by atoms with Gasteiger partial charge in [-0.3, -0.25) is 0 Å². The second-order valence-corrected chi connectivity index (χ2v) is 0. The third kappa shape index (κ3) is 194. The fraction of sp³-hybridized carbons (Fsp3) is 0.500. The van der Waals surface area contributed by atoms with E-state index in [-0.39, 0.29) is 36.9 Å². The minimum absolute atomic E-state index is 0. The number of hydrogen-bond acceptors (Lipinski definition) is 0. The van der Waals surface area contributed by atoms with Crippen LogP contribution < -0.4 is 0 Å². The van der Waals surface area contributed by atoms with Gasteiger partial charge in [-0.2, -0.15) is 6.92 Å². The third-order valence-corrected chi connectivity index (χ3v) is 0. The Morgan fingerprint density at radius 2 is 0.833 bits per heavy atom. The summed E-state index contributed by atoms with van der Waals surface area (Å²) in [4.78, 5) is 0. The number of rotatable bonds is 0. The first kappa shape index (κ1) is 84.5. The van der Waals surface area contributed by atoms with E-state index in [1.165, 1.54) is 0 Å². The molecule has 0 aliphatic rings. The Hall–Kier alpha value is 0.542. The molecule has 0 spiro atoms. The average Bonchev–Trinajstić information content (AvgIpc) is 1.00. The van der Waals surface area contributed by atoms with E-state index in [9.17, 15) is 0 Å². The molecule has 4 heteroatoms. The van der Waals surface area contributed by atoms with Crippen LogP contribution in [0.2, 0.25) is 0 Å². The van der Waals surface area contributed by atoms with Gasteiger partial charge < -0.3 is 23.4 Å². The molecule has 0 amide bonds. The van der Waals surface area contributed by atoms with Gasteiger partial charge in [0.25, 0.3) is 0 Å². The van der Waals surface area contributed by atoms with Crippen LogP contribution >= 0.6 is 0 Å². The van der Waals surface area contributed by atoms with E-state index >= 15 is 0 Å². The molecular formula is C2H5O3Re-7. The SMILES string of the molecule is [CH2-]C.[O-2].[O-2].[O-2].[Re]. The molecule has 0 aliphatic heterocycles. The van der Waals surface area contributed by atoms with Crippen molar-refractivity contribution in [2.75, 3.05) is 0 Å². The Balaban J connectivity index is -0.000000000833. The zero-order chi connectivity index (χ0) is 2.00. The summed E-state index contributed by atoms with van der Waals surface area (Å²) in [5.74, 6) is 0. The summed E-state index contributed by atoms with van der Waals surface area (Å²) in [6.45, 7) is 5.00. The second kappa shape index (κ2) is 389. The summed E-state index contributed by atoms with van der Waals surface area (Å²) in [6, 6.07) is 0. The van der Waals surface area contributed by atoms with Crippen LogP contribution in [0.25, 0.3) is 0 Å². The standard InChI is InChI=1S/C2H5.3O.Re/c1-2;;;;/h1H2,2H3;;;;/q-1;3*-2;. The molecule has 6 heavy (non-hydrogen) atoms. The van der Waals surface area contributed by atoms with Crippen LogP contribution in [-0.4, -0.2) is 0 Å². The maximum Gasteiger partial charge on any atom is 0 e. The predicted molar refractivity (Wildman–Crippen MR) is 13.1 cm³/mol. The molecule has 0 aromatic heterocycles. The van der Waals surface area contributed by atoms with E-state index in [0.717, 1.165) is 0 Å². The van der Waals surface area contributed by atoms with Crippen LogP contribution in [0.5, 0.6) is 0 Å². The van der Waals surface area contributed by atoms with Crippen LogP contribution in [0.15, 0.2) is 0 Å². The van der Waals surface area contributed by atoms with E-state index < -0.39 is 0 Å². The molecule has 0 unspecified atom stereocenters. The summed E-state index contributed by atoms with van der Waals surface area (Å²) in [5.41, 5.74) is 0. The minimum atomic E-state index is 0. The zero-order valence-electron chi connectivity index (χ0n) is 3.31. The van der Waals surface area contributed by atoms with Gasteiger partial charge in [0.1, 0.15) is 0 Å². The molecule has 1 radical (unpaired) electrons. The minimum Gasteiger partial charge on any atom is -2.00 e. The molecule has 0 saturated carbocycles. The molecule has 0 heterocycles. The first-order valence-electron chi connectivity index (χ1n) is 0.707. The van der Waals surface area contributed by atoms with Crippen molar-refractivity contribution in [3.63, 3.8) is 0 Å². The molecule has 0 aliphatic carbocycles. The van der Waals surface area contributed by atoms with Crippen molar-refractivity contribution >= 4 is 0 Å². The van der Waals surface area contributed by atoms with Crippen molar-refractivity contribution in [3.05, 3.63) is 6.92 Å². The van der Waals surface area contributed by atoms with Crippen LogP contribution in [0.1, 0.15) is 6.92 Å². The van der Waals surface area contributed by atoms with Crippen LogP contribution in [0.4, 0.5) is 0 Å². The van der Waals surface area contributed by atoms with Gasteiger partial charge in [0, 0.05) is 20.4 Å². The summed E-state index contributed by atoms with van der Waals surface area (Å²) in [7, 11) is 0. The summed E-state index contributed by atoms with van der Waals surface area (Å²) >= 11 is 0. The van der Waals surface area contributed by atoms with E-state index in [1.54, 1.807) is 6.92 Å². The van der Waals surface area contributed by atoms with Gasteiger partial charge in [-0.25, -0.2) is 0 Å². The second-order valence-electron chi connectivity index (χ2n) is 0.